The Morgan fingerprint density at radius 2 is 2.15 bits per heavy atom. The summed E-state index contributed by atoms with van der Waals surface area (Å²) in [5, 5.41) is 8.81. The zero-order valence-corrected chi connectivity index (χ0v) is 9.26. The van der Waals surface area contributed by atoms with E-state index in [9.17, 15) is 0 Å². The van der Waals surface area contributed by atoms with Crippen molar-refractivity contribution in [3.8, 4) is 0 Å². The van der Waals surface area contributed by atoms with Crippen molar-refractivity contribution < 1.29 is 9.84 Å². The Bertz CT molecular complexity index is 114. The van der Waals surface area contributed by atoms with E-state index in [0.717, 1.165) is 13.1 Å². The topological polar surface area (TPSA) is 32.7 Å². The molecule has 4 heteroatoms. The van der Waals surface area contributed by atoms with E-state index in [1.807, 2.05) is 0 Å². The third kappa shape index (κ3) is 7.26. The molecular formula is C9H20ClNO2. The zero-order chi connectivity index (χ0) is 10.1. The van der Waals surface area contributed by atoms with Gasteiger partial charge in [0.1, 0.15) is 0 Å². The van der Waals surface area contributed by atoms with E-state index in [1.54, 1.807) is 7.11 Å². The summed E-state index contributed by atoms with van der Waals surface area (Å²) in [5.74, 6) is 1.12. The smallest absolute Gasteiger partial charge is 0.0589 e. The normalized spacial score (nSPS) is 13.6. The summed E-state index contributed by atoms with van der Waals surface area (Å²) in [6.45, 7) is 5.48. The van der Waals surface area contributed by atoms with Gasteiger partial charge in [0.05, 0.1) is 13.2 Å². The van der Waals surface area contributed by atoms with E-state index in [4.69, 9.17) is 21.4 Å². The molecule has 0 aliphatic rings. The molecule has 0 aliphatic carbocycles. The van der Waals surface area contributed by atoms with Gasteiger partial charge < -0.3 is 9.84 Å². The average molecular weight is 210 g/mol. The van der Waals surface area contributed by atoms with Crippen LogP contribution in [0.2, 0.25) is 0 Å². The molecule has 0 aromatic rings. The molecule has 0 aliphatic heterocycles. The first-order chi connectivity index (χ1) is 6.24. The highest BCUT2D eigenvalue weighted by Gasteiger charge is 2.08. The van der Waals surface area contributed by atoms with Crippen LogP contribution >= 0.6 is 11.6 Å². The molecule has 0 radical (unpaired) electrons. The number of hydrogen-bond donors (Lipinski definition) is 1. The quantitative estimate of drug-likeness (QED) is 0.601. The van der Waals surface area contributed by atoms with Gasteiger partial charge in [-0.05, 0) is 5.92 Å². The number of nitrogens with zero attached hydrogens (tertiary/aromatic N) is 1. The Morgan fingerprint density at radius 1 is 1.46 bits per heavy atom. The van der Waals surface area contributed by atoms with Crippen LogP contribution in [0.3, 0.4) is 0 Å². The van der Waals surface area contributed by atoms with Crippen molar-refractivity contribution in [1.29, 1.82) is 0 Å². The molecule has 0 saturated carbocycles. The van der Waals surface area contributed by atoms with Crippen LogP contribution in [0.4, 0.5) is 0 Å². The van der Waals surface area contributed by atoms with Crippen LogP contribution in [0, 0.1) is 5.92 Å². The van der Waals surface area contributed by atoms with Crippen LogP contribution in [-0.2, 0) is 4.74 Å². The molecule has 0 heterocycles. The van der Waals surface area contributed by atoms with Gasteiger partial charge in [-0.2, -0.15) is 0 Å². The fraction of sp³-hybridized carbons (Fsp3) is 1.00. The van der Waals surface area contributed by atoms with Gasteiger partial charge >= 0.3 is 0 Å². The van der Waals surface area contributed by atoms with Crippen LogP contribution in [-0.4, -0.2) is 55.8 Å². The van der Waals surface area contributed by atoms with Crippen molar-refractivity contribution in [1.82, 2.24) is 4.90 Å². The Labute approximate surface area is 85.6 Å². The number of aliphatic hydroxyl groups excluding tert-OH is 1. The molecule has 0 fully saturated rings. The fourth-order valence-corrected chi connectivity index (χ4v) is 1.24. The van der Waals surface area contributed by atoms with Crippen LogP contribution < -0.4 is 0 Å². The van der Waals surface area contributed by atoms with Gasteiger partial charge in [-0.1, -0.05) is 6.92 Å². The van der Waals surface area contributed by atoms with E-state index >= 15 is 0 Å². The molecule has 0 spiro atoms. The lowest BCUT2D eigenvalue weighted by Gasteiger charge is -2.23. The molecule has 0 aromatic carbocycles. The third-order valence-corrected chi connectivity index (χ3v) is 2.39. The molecule has 1 unspecified atom stereocenters. The van der Waals surface area contributed by atoms with Gasteiger partial charge in [-0.3, -0.25) is 4.90 Å². The van der Waals surface area contributed by atoms with Gasteiger partial charge in [0.15, 0.2) is 0 Å². The second-order valence-corrected chi connectivity index (χ2v) is 3.59. The van der Waals surface area contributed by atoms with E-state index in [1.165, 1.54) is 0 Å². The minimum absolute atomic E-state index is 0.193. The molecule has 3 nitrogen and oxygen atoms in total. The lowest BCUT2D eigenvalue weighted by molar-refractivity contribution is 0.123. The molecule has 0 aromatic heterocycles. The summed E-state index contributed by atoms with van der Waals surface area (Å²) in [7, 11) is 1.68. The number of hydrogen-bond acceptors (Lipinski definition) is 3. The van der Waals surface area contributed by atoms with Crippen molar-refractivity contribution in [3.63, 3.8) is 0 Å². The van der Waals surface area contributed by atoms with Crippen LogP contribution in [0.25, 0.3) is 0 Å². The SMILES string of the molecule is COCCN(CCO)CC(C)CCl. The lowest BCUT2D eigenvalue weighted by atomic mass is 10.2. The van der Waals surface area contributed by atoms with E-state index in [-0.39, 0.29) is 6.61 Å². The van der Waals surface area contributed by atoms with Crippen molar-refractivity contribution >= 4 is 11.6 Å². The molecule has 0 rings (SSSR count). The minimum Gasteiger partial charge on any atom is -0.395 e. The lowest BCUT2D eigenvalue weighted by Crippen LogP contribution is -2.34. The largest absolute Gasteiger partial charge is 0.395 e. The molecule has 0 bridgehead atoms. The first kappa shape index (κ1) is 13.2. The Morgan fingerprint density at radius 3 is 2.62 bits per heavy atom. The number of methoxy groups -OCH3 is 1. The van der Waals surface area contributed by atoms with Gasteiger partial charge in [0.2, 0.25) is 0 Å². The first-order valence-corrected chi connectivity index (χ1v) is 5.16. The van der Waals surface area contributed by atoms with Crippen LogP contribution in [0.5, 0.6) is 0 Å². The molecule has 1 N–H and O–H groups in total. The number of ether oxygens (including phenoxy) is 1. The Balaban J connectivity index is 3.65. The number of aliphatic hydroxyl groups is 1. The van der Waals surface area contributed by atoms with E-state index in [2.05, 4.69) is 11.8 Å². The molecule has 13 heavy (non-hydrogen) atoms. The summed E-state index contributed by atoms with van der Waals surface area (Å²) in [4.78, 5) is 2.16. The maximum absolute atomic E-state index is 8.81. The van der Waals surface area contributed by atoms with E-state index < -0.39 is 0 Å². The molecule has 0 saturated heterocycles. The summed E-state index contributed by atoms with van der Waals surface area (Å²) < 4.78 is 4.98. The van der Waals surface area contributed by atoms with Crippen molar-refractivity contribution in [2.45, 2.75) is 6.92 Å². The highest BCUT2D eigenvalue weighted by atomic mass is 35.5. The van der Waals surface area contributed by atoms with E-state index in [0.29, 0.717) is 24.9 Å². The second-order valence-electron chi connectivity index (χ2n) is 3.28. The predicted octanol–water partition coefficient (Wildman–Crippen LogP) is 0.802. The summed E-state index contributed by atoms with van der Waals surface area (Å²) in [6, 6.07) is 0. The van der Waals surface area contributed by atoms with Gasteiger partial charge in [-0.25, -0.2) is 0 Å². The Kier molecular flexibility index (Phi) is 8.87. The number of halogens is 1. The highest BCUT2D eigenvalue weighted by Crippen LogP contribution is 2.01. The maximum atomic E-state index is 8.81. The van der Waals surface area contributed by atoms with Gasteiger partial charge in [-0.15, -0.1) is 11.6 Å². The fourth-order valence-electron chi connectivity index (χ4n) is 1.15. The maximum Gasteiger partial charge on any atom is 0.0589 e. The number of rotatable bonds is 8. The summed E-state index contributed by atoms with van der Waals surface area (Å²) in [5.41, 5.74) is 0. The zero-order valence-electron chi connectivity index (χ0n) is 8.50. The summed E-state index contributed by atoms with van der Waals surface area (Å²) >= 11 is 5.71. The third-order valence-electron chi connectivity index (χ3n) is 1.86. The van der Waals surface area contributed by atoms with Crippen molar-refractivity contribution in [2.75, 3.05) is 45.8 Å². The second kappa shape index (κ2) is 8.75. The van der Waals surface area contributed by atoms with Gasteiger partial charge in [0.25, 0.3) is 0 Å². The highest BCUT2D eigenvalue weighted by molar-refractivity contribution is 6.18. The standard InChI is InChI=1S/C9H20ClNO2/c1-9(7-10)8-11(3-5-12)4-6-13-2/h9,12H,3-8H2,1-2H3. The van der Waals surface area contributed by atoms with Gasteiger partial charge in [0, 0.05) is 32.6 Å². The molecule has 80 valence electrons. The first-order valence-electron chi connectivity index (χ1n) is 4.62. The minimum atomic E-state index is 0.193. The average Bonchev–Trinajstić information content (AvgIpc) is 2.14. The summed E-state index contributed by atoms with van der Waals surface area (Å²) in [6.07, 6.45) is 0. The monoisotopic (exact) mass is 209 g/mol. The van der Waals surface area contributed by atoms with Crippen LogP contribution in [0.1, 0.15) is 6.92 Å². The van der Waals surface area contributed by atoms with Crippen LogP contribution in [0.15, 0.2) is 0 Å². The predicted molar refractivity (Wildman–Crippen MR) is 55.3 cm³/mol. The van der Waals surface area contributed by atoms with Crippen molar-refractivity contribution in [3.05, 3.63) is 0 Å². The molecule has 1 atom stereocenters. The Hall–Kier alpha value is 0.170. The molecular weight excluding hydrogens is 190 g/mol. The molecule has 0 amide bonds. The van der Waals surface area contributed by atoms with Crippen molar-refractivity contribution in [2.24, 2.45) is 5.92 Å². The number of alkyl halides is 1.